The lowest BCUT2D eigenvalue weighted by Gasteiger charge is -2.25. The minimum absolute atomic E-state index is 0.195. The van der Waals surface area contributed by atoms with Gasteiger partial charge in [-0.1, -0.05) is 48.5 Å². The highest BCUT2D eigenvalue weighted by atomic mass is 16.3. The van der Waals surface area contributed by atoms with Crippen LogP contribution in [-0.2, 0) is 6.42 Å². The molecule has 0 spiro atoms. The molecule has 0 saturated carbocycles. The number of rotatable bonds is 7. The van der Waals surface area contributed by atoms with Gasteiger partial charge in [0.25, 0.3) is 5.91 Å². The minimum atomic E-state index is -0.195. The first kappa shape index (κ1) is 24.6. The highest BCUT2D eigenvalue weighted by Crippen LogP contribution is 2.41. The first-order valence-electron chi connectivity index (χ1n) is 13.4. The Morgan fingerprint density at radius 3 is 2.56 bits per heavy atom. The molecule has 200 valence electrons. The number of hydrogen-bond acceptors (Lipinski definition) is 6. The lowest BCUT2D eigenvalue weighted by molar-refractivity contribution is 0.102. The van der Waals surface area contributed by atoms with Crippen LogP contribution in [0.5, 0.6) is 0 Å². The Kier molecular flexibility index (Phi) is 6.14. The summed E-state index contributed by atoms with van der Waals surface area (Å²) in [5.74, 6) is 0.388. The van der Waals surface area contributed by atoms with Crippen molar-refractivity contribution in [1.82, 2.24) is 14.6 Å². The summed E-state index contributed by atoms with van der Waals surface area (Å²) in [6, 6.07) is 33.1. The van der Waals surface area contributed by atoms with Crippen LogP contribution in [0.1, 0.15) is 15.9 Å². The van der Waals surface area contributed by atoms with E-state index < -0.39 is 0 Å². The van der Waals surface area contributed by atoms with Gasteiger partial charge in [-0.3, -0.25) is 9.69 Å². The second-order valence-corrected chi connectivity index (χ2v) is 9.74. The van der Waals surface area contributed by atoms with E-state index in [9.17, 15) is 4.79 Å². The topological polar surface area (TPSA) is 102 Å². The number of fused-ring (bicyclic) bond motifs is 4. The van der Waals surface area contributed by atoms with Crippen LogP contribution in [0.2, 0.25) is 0 Å². The molecule has 0 aliphatic carbocycles. The monoisotopic (exact) mass is 538 g/mol. The molecule has 7 aromatic rings. The molecule has 0 saturated heterocycles. The molecular weight excluding hydrogens is 512 g/mol. The van der Waals surface area contributed by atoms with Crippen molar-refractivity contribution in [1.29, 1.82) is 0 Å². The number of amides is 1. The Hall–Kier alpha value is -5.47. The van der Waals surface area contributed by atoms with E-state index in [2.05, 4.69) is 22.5 Å². The molecule has 7 rings (SSSR count). The predicted molar refractivity (Wildman–Crippen MR) is 162 cm³/mol. The molecule has 8 nitrogen and oxygen atoms in total. The number of carbonyl (C=O) groups is 1. The van der Waals surface area contributed by atoms with Crippen LogP contribution in [0.25, 0.3) is 27.5 Å². The SMILES string of the molecule is NCCc1ccc(C(=O)Nc2cccc(N(c3cccc4c3oc3ccccc34)c3nccc4ccnn34)c2)cc1. The largest absolute Gasteiger partial charge is 0.454 e. The molecule has 0 aliphatic rings. The molecule has 3 aromatic heterocycles. The molecule has 0 bridgehead atoms. The number of furan rings is 1. The van der Waals surface area contributed by atoms with Gasteiger partial charge in [-0.15, -0.1) is 0 Å². The van der Waals surface area contributed by atoms with E-state index in [1.807, 2.05) is 95.9 Å². The average Bonchev–Trinajstić information content (AvgIpc) is 3.64. The predicted octanol–water partition coefficient (Wildman–Crippen LogP) is 6.85. The van der Waals surface area contributed by atoms with Crippen LogP contribution < -0.4 is 16.0 Å². The van der Waals surface area contributed by atoms with E-state index in [-0.39, 0.29) is 5.91 Å². The number of nitrogens with zero attached hydrogens (tertiary/aromatic N) is 4. The fraction of sp³-hybridized carbons (Fsp3) is 0.0606. The number of nitrogens with one attached hydrogen (secondary N) is 1. The van der Waals surface area contributed by atoms with Crippen LogP contribution in [0.15, 0.2) is 120 Å². The van der Waals surface area contributed by atoms with E-state index in [0.717, 1.165) is 50.8 Å². The van der Waals surface area contributed by atoms with Crippen LogP contribution >= 0.6 is 0 Å². The maximum Gasteiger partial charge on any atom is 0.255 e. The minimum Gasteiger partial charge on any atom is -0.454 e. The number of carbonyl (C=O) groups excluding carboxylic acids is 1. The van der Waals surface area contributed by atoms with E-state index in [1.54, 1.807) is 16.9 Å². The van der Waals surface area contributed by atoms with Crippen molar-refractivity contribution in [2.24, 2.45) is 5.73 Å². The average molecular weight is 539 g/mol. The van der Waals surface area contributed by atoms with Crippen molar-refractivity contribution in [2.45, 2.75) is 6.42 Å². The number of anilines is 4. The van der Waals surface area contributed by atoms with Crippen molar-refractivity contribution < 1.29 is 9.21 Å². The molecule has 4 aromatic carbocycles. The van der Waals surface area contributed by atoms with Gasteiger partial charge in [0.2, 0.25) is 5.95 Å². The molecule has 3 N–H and O–H groups in total. The van der Waals surface area contributed by atoms with Gasteiger partial charge in [0, 0.05) is 28.2 Å². The van der Waals surface area contributed by atoms with Crippen LogP contribution in [0.4, 0.5) is 23.0 Å². The van der Waals surface area contributed by atoms with Gasteiger partial charge in [0.15, 0.2) is 5.58 Å². The van der Waals surface area contributed by atoms with Crippen LogP contribution in [0, 0.1) is 0 Å². The fourth-order valence-corrected chi connectivity index (χ4v) is 5.18. The fourth-order valence-electron chi connectivity index (χ4n) is 5.18. The zero-order valence-electron chi connectivity index (χ0n) is 22.1. The Morgan fingerprint density at radius 2 is 1.68 bits per heavy atom. The van der Waals surface area contributed by atoms with Gasteiger partial charge in [-0.25, -0.2) is 4.98 Å². The third-order valence-corrected chi connectivity index (χ3v) is 7.13. The van der Waals surface area contributed by atoms with Gasteiger partial charge >= 0.3 is 0 Å². The Bertz CT molecular complexity index is 2030. The highest BCUT2D eigenvalue weighted by Gasteiger charge is 2.23. The standard InChI is InChI=1S/C33H26N6O2/c34-18-15-22-11-13-23(14-12-22)32(40)37-24-5-3-6-26(21-24)38(33-35-19-16-25-17-20-36-39(25)33)29-9-4-8-28-27-7-1-2-10-30(27)41-31(28)29/h1-14,16-17,19-21H,15,18,34H2,(H,37,40). The lowest BCUT2D eigenvalue weighted by atomic mass is 10.1. The first-order chi connectivity index (χ1) is 20.2. The van der Waals surface area contributed by atoms with Gasteiger partial charge in [0.1, 0.15) is 5.58 Å². The second kappa shape index (κ2) is 10.3. The van der Waals surface area contributed by atoms with Gasteiger partial charge in [0.05, 0.1) is 23.1 Å². The smallest absolute Gasteiger partial charge is 0.255 e. The van der Waals surface area contributed by atoms with Crippen molar-refractivity contribution in [3.05, 3.63) is 127 Å². The molecule has 1 amide bonds. The molecule has 0 unspecified atom stereocenters. The van der Waals surface area contributed by atoms with Crippen molar-refractivity contribution >= 4 is 56.4 Å². The van der Waals surface area contributed by atoms with E-state index in [1.165, 1.54) is 0 Å². The summed E-state index contributed by atoms with van der Waals surface area (Å²) < 4.78 is 8.19. The molecule has 8 heteroatoms. The zero-order valence-corrected chi connectivity index (χ0v) is 22.1. The summed E-state index contributed by atoms with van der Waals surface area (Å²) in [4.78, 5) is 19.9. The van der Waals surface area contributed by atoms with Crippen molar-refractivity contribution in [3.63, 3.8) is 0 Å². The maximum atomic E-state index is 13.1. The number of aromatic nitrogens is 3. The highest BCUT2D eigenvalue weighted by molar-refractivity contribution is 6.10. The number of benzene rings is 4. The van der Waals surface area contributed by atoms with Crippen LogP contribution in [0.3, 0.4) is 0 Å². The van der Waals surface area contributed by atoms with E-state index >= 15 is 0 Å². The number of para-hydroxylation sites is 2. The molecule has 3 heterocycles. The zero-order chi connectivity index (χ0) is 27.8. The summed E-state index contributed by atoms with van der Waals surface area (Å²) in [6.45, 7) is 0.567. The maximum absolute atomic E-state index is 13.1. The first-order valence-corrected chi connectivity index (χ1v) is 13.4. The molecule has 0 aliphatic heterocycles. The summed E-state index contributed by atoms with van der Waals surface area (Å²) in [5.41, 5.74) is 12.0. The van der Waals surface area contributed by atoms with Gasteiger partial charge < -0.3 is 15.5 Å². The molecule has 41 heavy (non-hydrogen) atoms. The van der Waals surface area contributed by atoms with Crippen molar-refractivity contribution in [3.8, 4) is 0 Å². The third kappa shape index (κ3) is 4.46. The summed E-state index contributed by atoms with van der Waals surface area (Å²) in [5, 5.41) is 9.62. The third-order valence-electron chi connectivity index (χ3n) is 7.13. The lowest BCUT2D eigenvalue weighted by Crippen LogP contribution is -2.17. The number of nitrogens with two attached hydrogens (primary N) is 1. The van der Waals surface area contributed by atoms with E-state index in [4.69, 9.17) is 15.1 Å². The van der Waals surface area contributed by atoms with Gasteiger partial charge in [-0.2, -0.15) is 9.61 Å². The van der Waals surface area contributed by atoms with Gasteiger partial charge in [-0.05, 0) is 73.1 Å². The second-order valence-electron chi connectivity index (χ2n) is 9.74. The Labute approximate surface area is 235 Å². The Balaban J connectivity index is 1.34. The summed E-state index contributed by atoms with van der Waals surface area (Å²) in [6.07, 6.45) is 4.28. The van der Waals surface area contributed by atoms with E-state index in [0.29, 0.717) is 23.7 Å². The van der Waals surface area contributed by atoms with Crippen molar-refractivity contribution in [2.75, 3.05) is 16.8 Å². The number of hydrogen-bond donors (Lipinski definition) is 2. The van der Waals surface area contributed by atoms with Crippen LogP contribution in [-0.4, -0.2) is 27.0 Å². The molecule has 0 fully saturated rings. The normalized spacial score (nSPS) is 11.3. The quantitative estimate of drug-likeness (QED) is 0.230. The summed E-state index contributed by atoms with van der Waals surface area (Å²) in [7, 11) is 0. The molecule has 0 atom stereocenters. The molecular formula is C33H26N6O2. The Morgan fingerprint density at radius 1 is 0.878 bits per heavy atom. The molecule has 0 radical (unpaired) electrons. The summed E-state index contributed by atoms with van der Waals surface area (Å²) >= 11 is 0.